The first-order valence-electron chi connectivity index (χ1n) is 12.1. The van der Waals surface area contributed by atoms with Gasteiger partial charge in [-0.2, -0.15) is 0 Å². The summed E-state index contributed by atoms with van der Waals surface area (Å²) in [6, 6.07) is 17.3. The number of nitrogens with zero attached hydrogens (tertiary/aromatic N) is 2. The molecule has 3 rings (SSSR count). The summed E-state index contributed by atoms with van der Waals surface area (Å²) in [7, 11) is -4.12. The van der Waals surface area contributed by atoms with Crippen LogP contribution in [-0.2, 0) is 26.2 Å². The van der Waals surface area contributed by atoms with Gasteiger partial charge in [0, 0.05) is 23.1 Å². The highest BCUT2D eigenvalue weighted by molar-refractivity contribution is 7.92. The number of sulfonamides is 1. The maximum Gasteiger partial charge on any atom is 0.264 e. The molecule has 0 aliphatic carbocycles. The van der Waals surface area contributed by atoms with Crippen LogP contribution in [0.2, 0.25) is 10.0 Å². The third-order valence-corrected chi connectivity index (χ3v) is 8.48. The lowest BCUT2D eigenvalue weighted by atomic mass is 10.1. The van der Waals surface area contributed by atoms with E-state index < -0.39 is 28.5 Å². The predicted molar refractivity (Wildman–Crippen MR) is 152 cm³/mol. The third-order valence-electron chi connectivity index (χ3n) is 6.12. The van der Waals surface area contributed by atoms with Crippen LogP contribution in [0.1, 0.15) is 30.5 Å². The van der Waals surface area contributed by atoms with Crippen molar-refractivity contribution >= 4 is 50.7 Å². The molecule has 1 N–H and O–H groups in total. The Labute approximate surface area is 234 Å². The van der Waals surface area contributed by atoms with Gasteiger partial charge in [-0.25, -0.2) is 8.42 Å². The molecular weight excluding hydrogens is 545 g/mol. The zero-order valence-electron chi connectivity index (χ0n) is 21.7. The molecule has 10 heteroatoms. The summed E-state index contributed by atoms with van der Waals surface area (Å²) in [5.74, 6) is -0.926. The third kappa shape index (κ3) is 6.87. The Bertz CT molecular complexity index is 1410. The SMILES string of the molecule is CCNC(=O)[C@@H](C)N(Cc1ccc(Cl)cc1Cl)C(=O)CN(c1cc(C)ccc1C)S(=O)(=O)c1ccccc1. The summed E-state index contributed by atoms with van der Waals surface area (Å²) in [6.07, 6.45) is 0. The molecule has 0 unspecified atom stereocenters. The molecule has 2 amide bonds. The van der Waals surface area contributed by atoms with Crippen LogP contribution in [0.4, 0.5) is 5.69 Å². The van der Waals surface area contributed by atoms with Crippen molar-refractivity contribution in [1.29, 1.82) is 0 Å². The Kier molecular flexibility index (Phi) is 9.82. The smallest absolute Gasteiger partial charge is 0.264 e. The van der Waals surface area contributed by atoms with Crippen LogP contribution < -0.4 is 9.62 Å². The average molecular weight is 577 g/mol. The van der Waals surface area contributed by atoms with Crippen LogP contribution in [0.25, 0.3) is 0 Å². The molecule has 0 aliphatic heterocycles. The van der Waals surface area contributed by atoms with Crippen LogP contribution in [0.15, 0.2) is 71.6 Å². The van der Waals surface area contributed by atoms with E-state index in [0.29, 0.717) is 33.4 Å². The molecule has 202 valence electrons. The summed E-state index contributed by atoms with van der Waals surface area (Å²) in [6.45, 7) is 6.86. The van der Waals surface area contributed by atoms with Crippen molar-refractivity contribution in [3.63, 3.8) is 0 Å². The summed E-state index contributed by atoms with van der Waals surface area (Å²) in [5.41, 5.74) is 2.49. The number of carbonyl (C=O) groups is 2. The van der Waals surface area contributed by atoms with Gasteiger partial charge in [0.2, 0.25) is 11.8 Å². The first-order chi connectivity index (χ1) is 17.9. The van der Waals surface area contributed by atoms with Gasteiger partial charge in [0.25, 0.3) is 10.0 Å². The monoisotopic (exact) mass is 575 g/mol. The minimum atomic E-state index is -4.12. The second-order valence-electron chi connectivity index (χ2n) is 8.94. The Balaban J connectivity index is 2.08. The van der Waals surface area contributed by atoms with Crippen molar-refractivity contribution in [3.8, 4) is 0 Å². The second kappa shape index (κ2) is 12.7. The Morgan fingerprint density at radius 1 is 0.974 bits per heavy atom. The molecule has 0 saturated heterocycles. The molecular formula is C28H31Cl2N3O4S. The van der Waals surface area contributed by atoms with Crippen LogP contribution in [0, 0.1) is 13.8 Å². The van der Waals surface area contributed by atoms with E-state index in [1.54, 1.807) is 63.2 Å². The van der Waals surface area contributed by atoms with Crippen LogP contribution in [0.5, 0.6) is 0 Å². The molecule has 0 aliphatic rings. The van der Waals surface area contributed by atoms with Gasteiger partial charge in [0.05, 0.1) is 10.6 Å². The predicted octanol–water partition coefficient (Wildman–Crippen LogP) is 5.36. The van der Waals surface area contributed by atoms with Crippen molar-refractivity contribution in [2.45, 2.75) is 45.2 Å². The topological polar surface area (TPSA) is 86.8 Å². The molecule has 0 heterocycles. The van der Waals surface area contributed by atoms with Gasteiger partial charge in [-0.15, -0.1) is 0 Å². The fraction of sp³-hybridized carbons (Fsp3) is 0.286. The summed E-state index contributed by atoms with van der Waals surface area (Å²) >= 11 is 12.4. The summed E-state index contributed by atoms with van der Waals surface area (Å²) in [5, 5.41) is 3.50. The zero-order valence-corrected chi connectivity index (χ0v) is 24.1. The number of anilines is 1. The van der Waals surface area contributed by atoms with Gasteiger partial charge < -0.3 is 10.2 Å². The highest BCUT2D eigenvalue weighted by atomic mass is 35.5. The van der Waals surface area contributed by atoms with Crippen molar-refractivity contribution < 1.29 is 18.0 Å². The Hall–Kier alpha value is -3.07. The number of nitrogens with one attached hydrogen (secondary N) is 1. The molecule has 0 bridgehead atoms. The van der Waals surface area contributed by atoms with Gasteiger partial charge in [-0.1, -0.05) is 59.6 Å². The van der Waals surface area contributed by atoms with E-state index in [4.69, 9.17) is 23.2 Å². The molecule has 0 saturated carbocycles. The van der Waals surface area contributed by atoms with E-state index in [0.717, 1.165) is 9.87 Å². The van der Waals surface area contributed by atoms with Gasteiger partial charge in [-0.3, -0.25) is 13.9 Å². The average Bonchev–Trinajstić information content (AvgIpc) is 2.88. The lowest BCUT2D eigenvalue weighted by molar-refractivity contribution is -0.139. The first kappa shape index (κ1) is 29.5. The molecule has 3 aromatic rings. The number of halogens is 2. The van der Waals surface area contributed by atoms with Gasteiger partial charge in [0.1, 0.15) is 12.6 Å². The number of carbonyl (C=O) groups excluding carboxylic acids is 2. The van der Waals surface area contributed by atoms with E-state index in [1.807, 2.05) is 19.1 Å². The van der Waals surface area contributed by atoms with E-state index in [9.17, 15) is 18.0 Å². The van der Waals surface area contributed by atoms with Gasteiger partial charge in [0.15, 0.2) is 0 Å². The van der Waals surface area contributed by atoms with Crippen molar-refractivity contribution in [3.05, 3.63) is 93.5 Å². The normalized spacial score (nSPS) is 12.1. The molecule has 3 aromatic carbocycles. The number of hydrogen-bond acceptors (Lipinski definition) is 4. The van der Waals surface area contributed by atoms with Crippen LogP contribution in [0.3, 0.4) is 0 Å². The molecule has 0 radical (unpaired) electrons. The molecule has 0 fully saturated rings. The van der Waals surface area contributed by atoms with Crippen molar-refractivity contribution in [1.82, 2.24) is 10.2 Å². The van der Waals surface area contributed by atoms with Gasteiger partial charge >= 0.3 is 0 Å². The fourth-order valence-electron chi connectivity index (χ4n) is 3.96. The molecule has 0 spiro atoms. The quantitative estimate of drug-likeness (QED) is 0.352. The first-order valence-corrected chi connectivity index (χ1v) is 14.3. The highest BCUT2D eigenvalue weighted by Gasteiger charge is 2.33. The maximum absolute atomic E-state index is 13.9. The number of amides is 2. The van der Waals surface area contributed by atoms with Crippen LogP contribution >= 0.6 is 23.2 Å². The van der Waals surface area contributed by atoms with Crippen molar-refractivity contribution in [2.24, 2.45) is 0 Å². The van der Waals surface area contributed by atoms with Gasteiger partial charge in [-0.05, 0) is 74.7 Å². The van der Waals surface area contributed by atoms with E-state index >= 15 is 0 Å². The van der Waals surface area contributed by atoms with Crippen LogP contribution in [-0.4, -0.2) is 44.3 Å². The Morgan fingerprint density at radius 3 is 2.29 bits per heavy atom. The second-order valence-corrected chi connectivity index (χ2v) is 11.6. The zero-order chi connectivity index (χ0) is 28.0. The number of aryl methyl sites for hydroxylation is 2. The maximum atomic E-state index is 13.9. The molecule has 1 atom stereocenters. The van der Waals surface area contributed by atoms with E-state index in [2.05, 4.69) is 5.32 Å². The molecule has 0 aromatic heterocycles. The molecule has 38 heavy (non-hydrogen) atoms. The fourth-order valence-corrected chi connectivity index (χ4v) is 5.92. The summed E-state index contributed by atoms with van der Waals surface area (Å²) < 4.78 is 28.8. The summed E-state index contributed by atoms with van der Waals surface area (Å²) in [4.78, 5) is 28.1. The number of likely N-dealkylation sites (N-methyl/N-ethyl adjacent to an activating group) is 1. The minimum absolute atomic E-state index is 0.0147. The van der Waals surface area contributed by atoms with E-state index in [1.165, 1.54) is 17.0 Å². The lowest BCUT2D eigenvalue weighted by Crippen LogP contribution is -2.51. The van der Waals surface area contributed by atoms with Crippen molar-refractivity contribution in [2.75, 3.05) is 17.4 Å². The van der Waals surface area contributed by atoms with E-state index in [-0.39, 0.29) is 17.3 Å². The number of benzene rings is 3. The number of hydrogen-bond donors (Lipinski definition) is 1. The largest absolute Gasteiger partial charge is 0.355 e. The standard InChI is InChI=1S/C28H31Cl2N3O4S/c1-5-31-28(35)21(4)32(17-22-13-14-23(29)16-25(22)30)27(34)18-33(26-15-19(2)11-12-20(26)3)38(36,37)24-9-7-6-8-10-24/h6-16,21H,5,17-18H2,1-4H3,(H,31,35)/t21-/m1/s1. The minimum Gasteiger partial charge on any atom is -0.355 e. The highest BCUT2D eigenvalue weighted by Crippen LogP contribution is 2.29. The molecule has 7 nitrogen and oxygen atoms in total. The Morgan fingerprint density at radius 2 is 1.66 bits per heavy atom. The number of rotatable bonds is 10. The lowest BCUT2D eigenvalue weighted by Gasteiger charge is -2.32.